The Bertz CT molecular complexity index is 1360. The van der Waals surface area contributed by atoms with Crippen molar-refractivity contribution in [1.82, 2.24) is 4.98 Å². The van der Waals surface area contributed by atoms with E-state index in [1.165, 1.54) is 11.3 Å². The molecule has 5 rings (SSSR count). The monoisotopic (exact) mass is 466 g/mol. The third-order valence-corrected chi connectivity index (χ3v) is 6.45. The van der Waals surface area contributed by atoms with E-state index in [1.54, 1.807) is 17.0 Å². The predicted octanol–water partition coefficient (Wildman–Crippen LogP) is 5.38. The smallest absolute Gasteiger partial charge is 0.297 e. The molecule has 3 heterocycles. The Balaban J connectivity index is 1.84. The highest BCUT2D eigenvalue weighted by Gasteiger charge is 2.44. The van der Waals surface area contributed by atoms with E-state index < -0.39 is 6.04 Å². The van der Waals surface area contributed by atoms with Gasteiger partial charge in [0.15, 0.2) is 10.6 Å². The van der Waals surface area contributed by atoms with Gasteiger partial charge in [-0.2, -0.15) is 0 Å². The molecule has 0 spiro atoms. The Hall–Kier alpha value is -2.77. The lowest BCUT2D eigenvalue weighted by Gasteiger charge is -2.22. The van der Waals surface area contributed by atoms with Crippen LogP contribution in [-0.4, -0.2) is 10.9 Å². The Morgan fingerprint density at radius 2 is 1.97 bits per heavy atom. The van der Waals surface area contributed by atoms with E-state index in [2.05, 4.69) is 20.9 Å². The van der Waals surface area contributed by atoms with Gasteiger partial charge in [0.1, 0.15) is 5.58 Å². The lowest BCUT2D eigenvalue weighted by Crippen LogP contribution is -2.29. The van der Waals surface area contributed by atoms with Gasteiger partial charge in [0.25, 0.3) is 5.91 Å². The van der Waals surface area contributed by atoms with E-state index in [-0.39, 0.29) is 17.1 Å². The van der Waals surface area contributed by atoms with Gasteiger partial charge >= 0.3 is 0 Å². The van der Waals surface area contributed by atoms with Crippen molar-refractivity contribution in [3.05, 3.63) is 90.7 Å². The predicted molar refractivity (Wildman–Crippen MR) is 117 cm³/mol. The van der Waals surface area contributed by atoms with E-state index in [0.29, 0.717) is 21.7 Å². The standard InChI is InChI=1S/C22H15BrN2O3S/c1-11-6-7-16-15(8-11)19(26)17-18(13-4-3-5-14(23)9-13)25(21(27)20(17)28-16)22-24-12(2)10-29-22/h3-10,18H,1-2H3. The molecular formula is C22H15BrN2O3S. The second-order valence-electron chi connectivity index (χ2n) is 7.08. The van der Waals surface area contributed by atoms with Gasteiger partial charge in [0, 0.05) is 9.85 Å². The second-order valence-corrected chi connectivity index (χ2v) is 8.83. The summed E-state index contributed by atoms with van der Waals surface area (Å²) >= 11 is 4.87. The number of halogens is 1. The highest BCUT2D eigenvalue weighted by Crippen LogP contribution is 2.42. The summed E-state index contributed by atoms with van der Waals surface area (Å²) in [5.41, 5.74) is 3.19. The number of benzene rings is 2. The molecule has 0 saturated heterocycles. The molecule has 0 aliphatic carbocycles. The molecule has 1 unspecified atom stereocenters. The van der Waals surface area contributed by atoms with Crippen molar-refractivity contribution >= 4 is 49.3 Å². The number of nitrogens with zero attached hydrogens (tertiary/aromatic N) is 2. The van der Waals surface area contributed by atoms with E-state index in [9.17, 15) is 9.59 Å². The number of thiazole rings is 1. The van der Waals surface area contributed by atoms with Gasteiger partial charge in [-0.15, -0.1) is 11.3 Å². The zero-order chi connectivity index (χ0) is 20.3. The number of hydrogen-bond donors (Lipinski definition) is 0. The Kier molecular flexibility index (Phi) is 4.18. The van der Waals surface area contributed by atoms with Crippen molar-refractivity contribution in [2.75, 3.05) is 4.90 Å². The molecule has 0 N–H and O–H groups in total. The third-order valence-electron chi connectivity index (χ3n) is 5.00. The normalized spacial score (nSPS) is 15.9. The summed E-state index contributed by atoms with van der Waals surface area (Å²) in [7, 11) is 0. The maximum absolute atomic E-state index is 13.5. The van der Waals surface area contributed by atoms with Crippen molar-refractivity contribution in [2.24, 2.45) is 0 Å². The maximum Gasteiger partial charge on any atom is 0.297 e. The van der Waals surface area contributed by atoms with Crippen LogP contribution in [-0.2, 0) is 0 Å². The summed E-state index contributed by atoms with van der Waals surface area (Å²) in [5, 5.41) is 2.91. The first-order chi connectivity index (χ1) is 13.9. The molecule has 0 saturated carbocycles. The molecule has 1 amide bonds. The first-order valence-electron chi connectivity index (χ1n) is 9.02. The van der Waals surface area contributed by atoms with Crippen LogP contribution in [0.5, 0.6) is 0 Å². The minimum Gasteiger partial charge on any atom is -0.450 e. The van der Waals surface area contributed by atoms with Crippen LogP contribution in [0.3, 0.4) is 0 Å². The Morgan fingerprint density at radius 1 is 1.14 bits per heavy atom. The van der Waals surface area contributed by atoms with Gasteiger partial charge in [0.2, 0.25) is 5.76 Å². The molecule has 144 valence electrons. The molecule has 4 aromatic rings. The van der Waals surface area contributed by atoms with E-state index in [4.69, 9.17) is 4.42 Å². The largest absolute Gasteiger partial charge is 0.450 e. The fraction of sp³-hybridized carbons (Fsp3) is 0.136. The number of amides is 1. The molecule has 2 aromatic carbocycles. The molecule has 0 fully saturated rings. The van der Waals surface area contributed by atoms with Crippen molar-refractivity contribution in [1.29, 1.82) is 0 Å². The van der Waals surface area contributed by atoms with Crippen LogP contribution in [0.2, 0.25) is 0 Å². The number of anilines is 1. The van der Waals surface area contributed by atoms with Crippen LogP contribution in [0, 0.1) is 13.8 Å². The van der Waals surface area contributed by atoms with E-state index in [1.807, 2.05) is 49.6 Å². The molecular weight excluding hydrogens is 452 g/mol. The molecule has 1 aliphatic heterocycles. The summed E-state index contributed by atoms with van der Waals surface area (Å²) in [5.74, 6) is -0.261. The molecule has 5 nitrogen and oxygen atoms in total. The molecule has 7 heteroatoms. The summed E-state index contributed by atoms with van der Waals surface area (Å²) < 4.78 is 6.83. The van der Waals surface area contributed by atoms with Gasteiger partial charge < -0.3 is 4.42 Å². The molecule has 2 aromatic heterocycles. The SMILES string of the molecule is Cc1ccc2oc3c(c(=O)c2c1)C(c1cccc(Br)c1)N(c1nc(C)cs1)C3=O. The summed E-state index contributed by atoms with van der Waals surface area (Å²) in [4.78, 5) is 33.0. The Labute approximate surface area is 178 Å². The van der Waals surface area contributed by atoms with Crippen molar-refractivity contribution < 1.29 is 9.21 Å². The lowest BCUT2D eigenvalue weighted by atomic mass is 9.98. The summed E-state index contributed by atoms with van der Waals surface area (Å²) in [6, 6.07) is 12.4. The minimum absolute atomic E-state index is 0.0872. The van der Waals surface area contributed by atoms with Crippen LogP contribution < -0.4 is 10.3 Å². The van der Waals surface area contributed by atoms with Crippen molar-refractivity contribution in [2.45, 2.75) is 19.9 Å². The van der Waals surface area contributed by atoms with Crippen LogP contribution in [0.25, 0.3) is 11.0 Å². The molecule has 29 heavy (non-hydrogen) atoms. The number of hydrogen-bond acceptors (Lipinski definition) is 5. The van der Waals surface area contributed by atoms with Crippen LogP contribution in [0.15, 0.2) is 61.5 Å². The van der Waals surface area contributed by atoms with E-state index >= 15 is 0 Å². The number of rotatable bonds is 2. The molecule has 1 aliphatic rings. The first kappa shape index (κ1) is 18.3. The van der Waals surface area contributed by atoms with Crippen molar-refractivity contribution in [3.63, 3.8) is 0 Å². The first-order valence-corrected chi connectivity index (χ1v) is 10.7. The van der Waals surface area contributed by atoms with Crippen LogP contribution >= 0.6 is 27.3 Å². The minimum atomic E-state index is -0.596. The van der Waals surface area contributed by atoms with Gasteiger partial charge in [-0.05, 0) is 43.7 Å². The number of fused-ring (bicyclic) bond motifs is 2. The number of aryl methyl sites for hydroxylation is 2. The number of carbonyl (C=O) groups is 1. The fourth-order valence-corrected chi connectivity index (χ4v) is 4.97. The third kappa shape index (κ3) is 2.84. The second kappa shape index (κ2) is 6.64. The average molecular weight is 467 g/mol. The molecule has 0 bridgehead atoms. The summed E-state index contributed by atoms with van der Waals surface area (Å²) in [6.45, 7) is 3.80. The molecule has 0 radical (unpaired) electrons. The van der Waals surface area contributed by atoms with Crippen LogP contribution in [0.1, 0.15) is 39.0 Å². The molecule has 1 atom stereocenters. The summed E-state index contributed by atoms with van der Waals surface area (Å²) in [6.07, 6.45) is 0. The zero-order valence-electron chi connectivity index (χ0n) is 15.6. The van der Waals surface area contributed by atoms with E-state index in [0.717, 1.165) is 21.3 Å². The highest BCUT2D eigenvalue weighted by molar-refractivity contribution is 9.10. The number of carbonyl (C=O) groups excluding carboxylic acids is 1. The lowest BCUT2D eigenvalue weighted by molar-refractivity contribution is 0.0971. The highest BCUT2D eigenvalue weighted by atomic mass is 79.9. The quantitative estimate of drug-likeness (QED) is 0.397. The van der Waals surface area contributed by atoms with Gasteiger partial charge in [-0.25, -0.2) is 4.98 Å². The topological polar surface area (TPSA) is 63.4 Å². The Morgan fingerprint density at radius 3 is 2.69 bits per heavy atom. The van der Waals surface area contributed by atoms with Gasteiger partial charge in [-0.3, -0.25) is 14.5 Å². The van der Waals surface area contributed by atoms with Gasteiger partial charge in [-0.1, -0.05) is 39.7 Å². The van der Waals surface area contributed by atoms with Crippen LogP contribution in [0.4, 0.5) is 5.13 Å². The fourth-order valence-electron chi connectivity index (χ4n) is 3.73. The average Bonchev–Trinajstić information content (AvgIpc) is 3.24. The van der Waals surface area contributed by atoms with Gasteiger partial charge in [0.05, 0.1) is 22.7 Å². The zero-order valence-corrected chi connectivity index (χ0v) is 18.0. The number of aromatic nitrogens is 1. The maximum atomic E-state index is 13.5. The van der Waals surface area contributed by atoms with Crippen molar-refractivity contribution in [3.8, 4) is 0 Å².